The van der Waals surface area contributed by atoms with Crippen molar-refractivity contribution < 1.29 is 26.9 Å². The van der Waals surface area contributed by atoms with Crippen LogP contribution in [0.5, 0.6) is 5.75 Å². The second kappa shape index (κ2) is 11.4. The molecule has 0 heterocycles. The molecule has 2 rings (SSSR count). The van der Waals surface area contributed by atoms with Gasteiger partial charge in [-0.15, -0.1) is 0 Å². The average molecular weight is 412 g/mol. The van der Waals surface area contributed by atoms with Crippen LogP contribution in [0.25, 0.3) is 0 Å². The van der Waals surface area contributed by atoms with E-state index in [1.807, 2.05) is 24.3 Å². The number of hydrogen-bond acceptors (Lipinski definition) is 5. The summed E-state index contributed by atoms with van der Waals surface area (Å²) in [5, 5.41) is 3.05. The number of amides is 1. The summed E-state index contributed by atoms with van der Waals surface area (Å²) in [5.74, 6) is 0.0659. The molecule has 1 unspecified atom stereocenters. The molecule has 0 fully saturated rings. The predicted molar refractivity (Wildman–Crippen MR) is 105 cm³/mol. The van der Waals surface area contributed by atoms with Crippen LogP contribution in [0.3, 0.4) is 0 Å². The molecular formula is C19H25FN2O5S. The normalized spacial score (nSPS) is 11.9. The minimum absolute atomic E-state index is 0.198. The molecule has 2 aromatic carbocycles. The fraction of sp³-hybridized carbons (Fsp3) is 0.316. The minimum atomic E-state index is -3.67. The Morgan fingerprint density at radius 1 is 1.21 bits per heavy atom. The van der Waals surface area contributed by atoms with E-state index in [1.54, 1.807) is 25.1 Å². The van der Waals surface area contributed by atoms with E-state index < -0.39 is 10.1 Å². The van der Waals surface area contributed by atoms with Gasteiger partial charge < -0.3 is 15.8 Å². The number of nitrogens with two attached hydrogens (primary N) is 1. The van der Waals surface area contributed by atoms with Gasteiger partial charge in [0.25, 0.3) is 10.1 Å². The summed E-state index contributed by atoms with van der Waals surface area (Å²) in [6.45, 7) is 2.60. The van der Waals surface area contributed by atoms with Crippen molar-refractivity contribution >= 4 is 16.0 Å². The van der Waals surface area contributed by atoms with E-state index >= 15 is 0 Å². The number of carbonyl (C=O) groups excluding carboxylic acids is 1. The Labute approximate surface area is 164 Å². The first-order valence-electron chi connectivity index (χ1n) is 8.46. The van der Waals surface area contributed by atoms with E-state index in [-0.39, 0.29) is 24.4 Å². The van der Waals surface area contributed by atoms with Crippen molar-refractivity contribution in [3.63, 3.8) is 0 Å². The molecule has 0 bridgehead atoms. The van der Waals surface area contributed by atoms with Crippen LogP contribution in [-0.4, -0.2) is 37.7 Å². The summed E-state index contributed by atoms with van der Waals surface area (Å²) in [6, 6.07) is 13.8. The lowest BCUT2D eigenvalue weighted by Gasteiger charge is -2.10. The molecule has 0 saturated heterocycles. The van der Waals surface area contributed by atoms with E-state index in [0.717, 1.165) is 12.0 Å². The monoisotopic (exact) mass is 412 g/mol. The number of halogens is 1. The van der Waals surface area contributed by atoms with Crippen LogP contribution in [0.2, 0.25) is 0 Å². The largest absolute Gasteiger partial charge is 0.489 e. The molecule has 2 aromatic rings. The van der Waals surface area contributed by atoms with Crippen LogP contribution in [-0.2, 0) is 27.9 Å². The van der Waals surface area contributed by atoms with Gasteiger partial charge in [0.2, 0.25) is 5.91 Å². The Balaban J connectivity index is 0.000000696. The van der Waals surface area contributed by atoms with Gasteiger partial charge in [0, 0.05) is 5.56 Å². The summed E-state index contributed by atoms with van der Waals surface area (Å²) in [6.07, 6.45) is 1.50. The second-order valence-electron chi connectivity index (χ2n) is 6.09. The molecule has 0 aliphatic heterocycles. The molecule has 0 saturated carbocycles. The van der Waals surface area contributed by atoms with Gasteiger partial charge in [-0.25, -0.2) is 4.39 Å². The molecular weight excluding hydrogens is 387 g/mol. The van der Waals surface area contributed by atoms with Gasteiger partial charge >= 0.3 is 0 Å². The van der Waals surface area contributed by atoms with Gasteiger partial charge in [-0.3, -0.25) is 9.35 Å². The Bertz CT molecular complexity index is 849. The van der Waals surface area contributed by atoms with Crippen LogP contribution in [0.1, 0.15) is 18.1 Å². The van der Waals surface area contributed by atoms with Crippen molar-refractivity contribution in [3.8, 4) is 5.75 Å². The van der Waals surface area contributed by atoms with Crippen LogP contribution in [0.4, 0.5) is 4.39 Å². The van der Waals surface area contributed by atoms with Gasteiger partial charge in [0.05, 0.1) is 12.3 Å². The van der Waals surface area contributed by atoms with E-state index in [4.69, 9.17) is 15.0 Å². The van der Waals surface area contributed by atoms with Crippen LogP contribution in [0.15, 0.2) is 48.5 Å². The van der Waals surface area contributed by atoms with Crippen LogP contribution in [0, 0.1) is 5.82 Å². The molecule has 0 aliphatic rings. The van der Waals surface area contributed by atoms with Gasteiger partial charge in [-0.1, -0.05) is 30.3 Å². The number of primary amides is 1. The molecule has 0 aliphatic carbocycles. The fourth-order valence-corrected chi connectivity index (χ4v) is 2.06. The number of rotatable bonds is 8. The third-order valence-electron chi connectivity index (χ3n) is 3.57. The minimum Gasteiger partial charge on any atom is -0.489 e. The number of carbonyl (C=O) groups is 1. The summed E-state index contributed by atoms with van der Waals surface area (Å²) in [5.41, 5.74) is 6.83. The molecule has 0 spiro atoms. The molecule has 1 amide bonds. The molecule has 9 heteroatoms. The zero-order valence-electron chi connectivity index (χ0n) is 15.8. The SMILES string of the molecule is CC(NCCc1ccc(OCc2ccccc2F)cc1)C(N)=O.CS(=O)(=O)O. The van der Waals surface area contributed by atoms with E-state index in [9.17, 15) is 17.6 Å². The maximum absolute atomic E-state index is 13.5. The Kier molecular flexibility index (Phi) is 9.57. The van der Waals surface area contributed by atoms with Gasteiger partial charge in [-0.05, 0) is 43.7 Å². The summed E-state index contributed by atoms with van der Waals surface area (Å²) in [4.78, 5) is 10.9. The highest BCUT2D eigenvalue weighted by Crippen LogP contribution is 2.15. The third-order valence-corrected chi connectivity index (χ3v) is 3.57. The van der Waals surface area contributed by atoms with Crippen molar-refractivity contribution in [2.24, 2.45) is 5.73 Å². The molecule has 1 atom stereocenters. The number of hydrogen-bond donors (Lipinski definition) is 3. The predicted octanol–water partition coefficient (Wildman–Crippen LogP) is 1.91. The van der Waals surface area contributed by atoms with E-state index in [1.165, 1.54) is 6.07 Å². The van der Waals surface area contributed by atoms with Crippen LogP contribution < -0.4 is 15.8 Å². The number of benzene rings is 2. The van der Waals surface area contributed by atoms with Crippen molar-refractivity contribution in [1.82, 2.24) is 5.32 Å². The quantitative estimate of drug-likeness (QED) is 0.570. The first-order chi connectivity index (χ1) is 13.1. The lowest BCUT2D eigenvalue weighted by Crippen LogP contribution is -2.39. The van der Waals surface area contributed by atoms with Crippen molar-refractivity contribution in [1.29, 1.82) is 0 Å². The molecule has 4 N–H and O–H groups in total. The molecule has 28 heavy (non-hydrogen) atoms. The lowest BCUT2D eigenvalue weighted by molar-refractivity contribution is -0.119. The highest BCUT2D eigenvalue weighted by atomic mass is 32.2. The van der Waals surface area contributed by atoms with Crippen molar-refractivity contribution in [3.05, 3.63) is 65.5 Å². The van der Waals surface area contributed by atoms with Crippen LogP contribution >= 0.6 is 0 Å². The van der Waals surface area contributed by atoms with Gasteiger partial charge in [0.1, 0.15) is 18.2 Å². The number of ether oxygens (including phenoxy) is 1. The Hall–Kier alpha value is -2.49. The topological polar surface area (TPSA) is 119 Å². The van der Waals surface area contributed by atoms with Gasteiger partial charge in [-0.2, -0.15) is 8.42 Å². The van der Waals surface area contributed by atoms with Crippen molar-refractivity contribution in [2.75, 3.05) is 12.8 Å². The first kappa shape index (κ1) is 23.5. The molecule has 154 valence electrons. The number of nitrogens with one attached hydrogen (secondary N) is 1. The van der Waals surface area contributed by atoms with Gasteiger partial charge in [0.15, 0.2) is 0 Å². The molecule has 0 aromatic heterocycles. The highest BCUT2D eigenvalue weighted by Gasteiger charge is 2.06. The maximum Gasteiger partial charge on any atom is 0.261 e. The molecule has 7 nitrogen and oxygen atoms in total. The summed E-state index contributed by atoms with van der Waals surface area (Å²) in [7, 11) is -3.67. The standard InChI is InChI=1S/C18H21FN2O2.CH4O3S/c1-13(18(20)22)21-11-10-14-6-8-16(9-7-14)23-12-15-4-2-3-5-17(15)19;1-5(2,3)4/h2-9,13,21H,10-12H2,1H3,(H2,20,22);1H3,(H,2,3,4). The Morgan fingerprint density at radius 2 is 1.79 bits per heavy atom. The van der Waals surface area contributed by atoms with Crippen molar-refractivity contribution in [2.45, 2.75) is 26.0 Å². The Morgan fingerprint density at radius 3 is 2.32 bits per heavy atom. The lowest BCUT2D eigenvalue weighted by atomic mass is 10.1. The summed E-state index contributed by atoms with van der Waals surface area (Å²) >= 11 is 0. The smallest absolute Gasteiger partial charge is 0.261 e. The second-order valence-corrected chi connectivity index (χ2v) is 7.55. The van der Waals surface area contributed by atoms with E-state index in [2.05, 4.69) is 5.32 Å². The third kappa shape index (κ3) is 10.6. The average Bonchev–Trinajstić information content (AvgIpc) is 2.60. The zero-order valence-corrected chi connectivity index (χ0v) is 16.6. The summed E-state index contributed by atoms with van der Waals surface area (Å²) < 4.78 is 45.0. The highest BCUT2D eigenvalue weighted by molar-refractivity contribution is 7.85. The molecule has 0 radical (unpaired) electrons. The van der Waals surface area contributed by atoms with E-state index in [0.29, 0.717) is 24.1 Å². The fourth-order valence-electron chi connectivity index (χ4n) is 2.06. The zero-order chi connectivity index (χ0) is 21.2. The first-order valence-corrected chi connectivity index (χ1v) is 10.3. The maximum atomic E-state index is 13.5.